The maximum atomic E-state index is 11.2. The lowest BCUT2D eigenvalue weighted by atomic mass is 8.39. The lowest BCUT2D eigenvalue weighted by molar-refractivity contribution is -0.118. The second-order valence-electron chi connectivity index (χ2n) is 11.3. The molecule has 0 aromatic heterocycles. The van der Waals surface area contributed by atoms with Gasteiger partial charge in [0.05, 0.1) is 0 Å². The Labute approximate surface area is 286 Å². The Kier molecular flexibility index (Phi) is 19.6. The number of carbonyl (C=O) groups excluding carboxylic acids is 1. The predicted molar refractivity (Wildman–Crippen MR) is 218 cm³/mol. The fraction of sp³-hybridized carbons (Fsp3) is 0.381. The van der Waals surface area contributed by atoms with Crippen LogP contribution in [0.5, 0.6) is 0 Å². The van der Waals surface area contributed by atoms with Crippen LogP contribution >= 0.6 is 0 Å². The van der Waals surface area contributed by atoms with Gasteiger partial charge in [-0.25, -0.2) is 0 Å². The summed E-state index contributed by atoms with van der Waals surface area (Å²) in [5.74, 6) is 0.326. The maximum absolute atomic E-state index is 11.2. The highest BCUT2D eigenvalue weighted by atomic mass is 16.1. The zero-order chi connectivity index (χ0) is 32.1. The summed E-state index contributed by atoms with van der Waals surface area (Å²) in [7, 11) is 63.2. The Morgan fingerprint density at radius 3 is 1.48 bits per heavy atom. The van der Waals surface area contributed by atoms with Crippen molar-refractivity contribution in [3.05, 3.63) is 59.7 Å². The molecule has 0 unspecified atom stereocenters. The fourth-order valence-corrected chi connectivity index (χ4v) is 5.62. The summed E-state index contributed by atoms with van der Waals surface area (Å²) < 4.78 is 0. The number of anilines is 2. The zero-order valence-corrected chi connectivity index (χ0v) is 25.0. The van der Waals surface area contributed by atoms with Gasteiger partial charge in [-0.2, -0.15) is 0 Å². The van der Waals surface area contributed by atoms with Gasteiger partial charge in [-0.3, -0.25) is 4.79 Å². The number of rotatable bonds is 8. The maximum Gasteiger partial charge on any atom is 0.139 e. The van der Waals surface area contributed by atoms with Crippen molar-refractivity contribution >= 4 is 160 Å². The molecule has 0 atom stereocenters. The minimum Gasteiger partial charge on any atom is -0.385 e. The fourth-order valence-electron chi connectivity index (χ4n) is 5.62. The number of aryl methyl sites for hydroxylation is 1. The lowest BCUT2D eigenvalue weighted by Gasteiger charge is -2.42. The van der Waals surface area contributed by atoms with Crippen molar-refractivity contribution in [2.75, 3.05) is 23.7 Å². The SMILES string of the molecule is C.O=C1CCNc2ccccc2C1.[B]B([B])B([B])B(B(B([B])[B])B([B])[B])B(B([B])[B])B([B])[B].c1ccc2c(c1)CCCCN2. The largest absolute Gasteiger partial charge is 0.385 e. The molecule has 0 saturated heterocycles. The van der Waals surface area contributed by atoms with Crippen LogP contribution < -0.4 is 10.6 Å². The Hall–Kier alpha value is -0.991. The van der Waals surface area contributed by atoms with E-state index in [4.69, 9.17) is 85.1 Å². The number of nitrogens with one attached hydrogen (secondary N) is 2. The predicted octanol–water partition coefficient (Wildman–Crippen LogP) is -2.93. The number of fused-ring (bicyclic) bond motifs is 2. The van der Waals surface area contributed by atoms with Crippen LogP contribution in [0, 0.1) is 0 Å². The average molecular weight is 541 g/mol. The zero-order valence-electron chi connectivity index (χ0n) is 25.0. The molecule has 0 bridgehead atoms. The van der Waals surface area contributed by atoms with E-state index in [0.29, 0.717) is 18.6 Å². The van der Waals surface area contributed by atoms with Gasteiger partial charge in [0.2, 0.25) is 0 Å². The number of ketones is 1. The summed E-state index contributed by atoms with van der Waals surface area (Å²) in [6.07, 6.45) is -2.06. The molecule has 44 heavy (non-hydrogen) atoms. The van der Waals surface area contributed by atoms with E-state index in [1.807, 2.05) is 24.3 Å². The third-order valence-corrected chi connectivity index (χ3v) is 7.89. The van der Waals surface area contributed by atoms with Gasteiger partial charge in [0.15, 0.2) is 0 Å². The van der Waals surface area contributed by atoms with Crippen LogP contribution in [0.2, 0.25) is 0 Å². The summed E-state index contributed by atoms with van der Waals surface area (Å²) in [6.45, 7) is 1.91. The molecule has 2 aliphatic rings. The molecule has 2 aromatic carbocycles. The van der Waals surface area contributed by atoms with Crippen LogP contribution in [0.25, 0.3) is 0 Å². The molecule has 23 heteroatoms. The van der Waals surface area contributed by atoms with Crippen LogP contribution in [0.3, 0.4) is 0 Å². The third kappa shape index (κ3) is 13.0. The smallest absolute Gasteiger partial charge is 0.139 e. The van der Waals surface area contributed by atoms with E-state index in [9.17, 15) is 4.79 Å². The van der Waals surface area contributed by atoms with Crippen LogP contribution in [0.4, 0.5) is 11.4 Å². The van der Waals surface area contributed by atoms with Crippen molar-refractivity contribution in [3.63, 3.8) is 0 Å². The second-order valence-corrected chi connectivity index (χ2v) is 11.3. The van der Waals surface area contributed by atoms with E-state index in [1.54, 1.807) is 0 Å². The normalized spacial score (nSPS) is 12.7. The molecule has 3 nitrogen and oxygen atoms in total. The molecule has 0 aliphatic carbocycles. The molecule has 2 aromatic rings. The van der Waals surface area contributed by atoms with Crippen molar-refractivity contribution in [2.45, 2.75) is 39.5 Å². The first-order valence-electron chi connectivity index (χ1n) is 14.8. The van der Waals surface area contributed by atoms with E-state index in [2.05, 4.69) is 34.9 Å². The van der Waals surface area contributed by atoms with Crippen LogP contribution in [-0.2, 0) is 17.6 Å². The monoisotopic (exact) mass is 544 g/mol. The van der Waals surface area contributed by atoms with E-state index in [1.165, 1.54) is 30.5 Å². The van der Waals surface area contributed by atoms with Gasteiger partial charge < -0.3 is 10.6 Å². The molecular weight excluding hydrogens is 512 g/mol. The Morgan fingerprint density at radius 2 is 0.977 bits per heavy atom. The standard InChI is InChI=1S/C10H11NO.C10H13N.CH4.B20/c12-9-5-6-11-10-4-2-1-3-8(10)7-9;1-2-7-10-9(5-1)6-3-4-8-11-10;;1-12(2)17(11)20(18(13(3)4)14(5)6)19(15(7)8)16(9)10/h1-4,11H,5-7H2;1-2,5,7,11H,3-4,6,8H2;1H4;. The highest BCUT2D eigenvalue weighted by Gasteiger charge is 2.44. The minimum atomic E-state index is -0.889. The number of carbonyl (C=O) groups is 1. The Bertz CT molecular complexity index is 1050. The number of para-hydroxylation sites is 2. The van der Waals surface area contributed by atoms with Crippen LogP contribution in [-0.4, -0.2) is 161 Å². The van der Waals surface area contributed by atoms with Gasteiger partial charge in [0, 0.05) is 180 Å². The summed E-state index contributed by atoms with van der Waals surface area (Å²) in [5, 5.41) is 6.66. The summed E-state index contributed by atoms with van der Waals surface area (Å²) in [5.41, 5.74) is 5.05. The molecule has 4 rings (SSSR count). The molecule has 2 aliphatic heterocycles. The summed E-state index contributed by atoms with van der Waals surface area (Å²) in [6, 6.07) is 16.6. The number of benzene rings is 2. The molecule has 2 N–H and O–H groups in total. The first-order chi connectivity index (χ1) is 20.3. The van der Waals surface area contributed by atoms with Gasteiger partial charge in [0.25, 0.3) is 0 Å². The number of hydrogen-bond acceptors (Lipinski definition) is 3. The van der Waals surface area contributed by atoms with Crippen molar-refractivity contribution in [1.29, 1.82) is 0 Å². The summed E-state index contributed by atoms with van der Waals surface area (Å²) >= 11 is 0. The third-order valence-electron chi connectivity index (χ3n) is 7.89. The van der Waals surface area contributed by atoms with E-state index in [-0.39, 0.29) is 7.43 Å². The van der Waals surface area contributed by atoms with E-state index < -0.39 is 57.5 Å². The second kappa shape index (κ2) is 21.0. The Balaban J connectivity index is 0.000000344. The van der Waals surface area contributed by atoms with Gasteiger partial charge in [-0.15, -0.1) is 0 Å². The van der Waals surface area contributed by atoms with Gasteiger partial charge in [-0.05, 0) is 42.5 Å². The van der Waals surface area contributed by atoms with Crippen molar-refractivity contribution in [2.24, 2.45) is 0 Å². The highest BCUT2D eigenvalue weighted by Crippen LogP contribution is 2.20. The quantitative estimate of drug-likeness (QED) is 0.353. The van der Waals surface area contributed by atoms with Gasteiger partial charge in [-0.1, -0.05) is 43.8 Å². The van der Waals surface area contributed by atoms with Gasteiger partial charge >= 0.3 is 0 Å². The van der Waals surface area contributed by atoms with E-state index >= 15 is 0 Å². The van der Waals surface area contributed by atoms with Crippen LogP contribution in [0.15, 0.2) is 48.5 Å². The molecule has 188 valence electrons. The lowest BCUT2D eigenvalue weighted by Crippen LogP contribution is -2.80. The Morgan fingerprint density at radius 1 is 0.523 bits per heavy atom. The number of Topliss-reactive ketones (excluding diaryl/α,β-unsaturated/α-hetero) is 1. The molecule has 22 radical (unpaired) electrons. The van der Waals surface area contributed by atoms with Crippen LogP contribution in [0.1, 0.15) is 37.8 Å². The topological polar surface area (TPSA) is 41.1 Å². The first-order valence-corrected chi connectivity index (χ1v) is 14.8. The summed E-state index contributed by atoms with van der Waals surface area (Å²) in [4.78, 5) is 11.2. The number of hydrogen-bond donors (Lipinski definition) is 2. The van der Waals surface area contributed by atoms with Gasteiger partial charge in [0.1, 0.15) is 5.78 Å². The molecule has 0 amide bonds. The molecule has 0 fully saturated rings. The van der Waals surface area contributed by atoms with Crippen molar-refractivity contribution < 1.29 is 4.79 Å². The molecule has 0 spiro atoms. The minimum absolute atomic E-state index is 0. The average Bonchev–Trinajstić information content (AvgIpc) is 3.29. The molecular formula is C21H28B20N2O. The first kappa shape index (κ1) is 41.0. The highest BCUT2D eigenvalue weighted by molar-refractivity contribution is 8.19. The van der Waals surface area contributed by atoms with E-state index in [0.717, 1.165) is 24.3 Å². The van der Waals surface area contributed by atoms with Crippen molar-refractivity contribution in [3.8, 4) is 0 Å². The van der Waals surface area contributed by atoms with Crippen molar-refractivity contribution in [1.82, 2.24) is 0 Å². The molecule has 0 saturated carbocycles. The molecule has 2 heterocycles.